The fourth-order valence-electron chi connectivity index (χ4n) is 2.10. The molecular weight excluding hydrogens is 292 g/mol. The molecule has 0 bridgehead atoms. The molecule has 0 atom stereocenters. The third kappa shape index (κ3) is 2.37. The molecule has 6 heteroatoms. The molecule has 0 radical (unpaired) electrons. The van der Waals surface area contributed by atoms with Gasteiger partial charge in [0.15, 0.2) is 5.65 Å². The van der Waals surface area contributed by atoms with Crippen LogP contribution in [0.25, 0.3) is 22.6 Å². The average Bonchev–Trinajstić information content (AvgIpc) is 2.77. The second-order valence-electron chi connectivity index (χ2n) is 4.35. The number of fused-ring (bicyclic) bond motifs is 1. The topological polar surface area (TPSA) is 56.7 Å². The molecule has 100 valence electrons. The number of nitrogens with two attached hydrogens (primary N) is 1. The van der Waals surface area contributed by atoms with Gasteiger partial charge in [-0.1, -0.05) is 54.2 Å². The van der Waals surface area contributed by atoms with Crippen LogP contribution in [0.4, 0.5) is 0 Å². The quantitative estimate of drug-likeness (QED) is 0.756. The second kappa shape index (κ2) is 5.19. The van der Waals surface area contributed by atoms with Crippen LogP contribution >= 0.6 is 23.8 Å². The van der Waals surface area contributed by atoms with Crippen molar-refractivity contribution in [3.8, 4) is 11.4 Å². The van der Waals surface area contributed by atoms with E-state index in [0.717, 1.165) is 22.6 Å². The number of pyridine rings is 1. The number of hydrogen-bond acceptors (Lipinski definition) is 3. The van der Waals surface area contributed by atoms with E-state index >= 15 is 0 Å². The normalized spacial score (nSPS) is 10.8. The molecule has 0 saturated carbocycles. The first-order chi connectivity index (χ1) is 9.65. The van der Waals surface area contributed by atoms with Crippen molar-refractivity contribution in [2.75, 3.05) is 0 Å². The molecule has 0 fully saturated rings. The van der Waals surface area contributed by atoms with Gasteiger partial charge in [0.1, 0.15) is 11.3 Å². The fourth-order valence-corrected chi connectivity index (χ4v) is 2.38. The summed E-state index contributed by atoms with van der Waals surface area (Å²) in [4.78, 5) is 9.32. The van der Waals surface area contributed by atoms with Crippen molar-refractivity contribution >= 4 is 40.0 Å². The molecule has 2 N–H and O–H groups in total. The molecule has 0 aliphatic carbocycles. The number of nitrogens with zero attached hydrogens (tertiary/aromatic N) is 3. The maximum Gasteiger partial charge on any atom is 0.160 e. The summed E-state index contributed by atoms with van der Waals surface area (Å²) in [6, 6.07) is 11.6. The summed E-state index contributed by atoms with van der Waals surface area (Å²) in [6.07, 6.45) is 1.59. The Bertz CT molecular complexity index is 782. The second-order valence-corrected chi connectivity index (χ2v) is 5.31. The molecule has 4 nitrogen and oxygen atoms in total. The Morgan fingerprint density at radius 2 is 2.05 bits per heavy atom. The zero-order valence-electron chi connectivity index (χ0n) is 10.5. The Balaban J connectivity index is 2.27. The lowest BCUT2D eigenvalue weighted by atomic mass is 10.2. The van der Waals surface area contributed by atoms with Gasteiger partial charge in [0.25, 0.3) is 0 Å². The lowest BCUT2D eigenvalue weighted by Crippen LogP contribution is -2.17. The molecule has 1 aromatic carbocycles. The van der Waals surface area contributed by atoms with E-state index in [1.807, 2.05) is 34.9 Å². The van der Waals surface area contributed by atoms with E-state index in [1.165, 1.54) is 0 Å². The summed E-state index contributed by atoms with van der Waals surface area (Å²) in [7, 11) is 0. The van der Waals surface area contributed by atoms with E-state index in [4.69, 9.17) is 29.6 Å². The molecule has 0 unspecified atom stereocenters. The minimum absolute atomic E-state index is 0.387. The molecule has 0 saturated heterocycles. The summed E-state index contributed by atoms with van der Waals surface area (Å²) >= 11 is 11.0. The number of imidazole rings is 1. The lowest BCUT2D eigenvalue weighted by Gasteiger charge is -2.07. The largest absolute Gasteiger partial charge is 0.392 e. The zero-order valence-corrected chi connectivity index (χ0v) is 12.0. The van der Waals surface area contributed by atoms with Crippen LogP contribution in [0.1, 0.15) is 0 Å². The van der Waals surface area contributed by atoms with Crippen molar-refractivity contribution in [3.63, 3.8) is 0 Å². The molecule has 0 aliphatic rings. The number of halogens is 1. The first-order valence-electron chi connectivity index (χ1n) is 6.00. The van der Waals surface area contributed by atoms with Gasteiger partial charge < -0.3 is 10.3 Å². The smallest absolute Gasteiger partial charge is 0.160 e. The predicted molar refractivity (Wildman–Crippen MR) is 84.8 cm³/mol. The van der Waals surface area contributed by atoms with E-state index in [-0.39, 0.29) is 0 Å². The number of rotatable bonds is 3. The highest BCUT2D eigenvalue weighted by atomic mass is 35.5. The first kappa shape index (κ1) is 13.0. The summed E-state index contributed by atoms with van der Waals surface area (Å²) in [5.41, 5.74) is 8.12. The van der Waals surface area contributed by atoms with Crippen molar-refractivity contribution in [2.45, 2.75) is 6.54 Å². The van der Waals surface area contributed by atoms with E-state index in [2.05, 4.69) is 9.97 Å². The number of hydrogen-bond donors (Lipinski definition) is 1. The molecule has 0 amide bonds. The Morgan fingerprint density at radius 3 is 2.75 bits per heavy atom. The van der Waals surface area contributed by atoms with Gasteiger partial charge in [0.2, 0.25) is 0 Å². The van der Waals surface area contributed by atoms with Gasteiger partial charge in [0.05, 0.1) is 16.6 Å². The van der Waals surface area contributed by atoms with Crippen LogP contribution in [0.3, 0.4) is 0 Å². The van der Waals surface area contributed by atoms with Gasteiger partial charge in [-0.05, 0) is 6.07 Å². The number of benzene rings is 1. The SMILES string of the molecule is NC(=S)Cn1c(-c2ccccc2)nc2cc(Cl)cnc21. The molecule has 3 aromatic rings. The van der Waals surface area contributed by atoms with E-state index in [0.29, 0.717) is 16.6 Å². The third-order valence-corrected chi connectivity index (χ3v) is 3.23. The van der Waals surface area contributed by atoms with Crippen LogP contribution in [0.5, 0.6) is 0 Å². The Kier molecular flexibility index (Phi) is 3.38. The van der Waals surface area contributed by atoms with Crippen molar-refractivity contribution in [2.24, 2.45) is 5.73 Å². The van der Waals surface area contributed by atoms with Gasteiger partial charge in [0, 0.05) is 11.8 Å². The summed E-state index contributed by atoms with van der Waals surface area (Å²) in [5.74, 6) is 0.781. The first-order valence-corrected chi connectivity index (χ1v) is 6.79. The number of thiocarbonyl (C=S) groups is 1. The Hall–Kier alpha value is -1.98. The summed E-state index contributed by atoms with van der Waals surface area (Å²) in [5, 5.41) is 0.553. The molecule has 0 spiro atoms. The van der Waals surface area contributed by atoms with E-state index in [1.54, 1.807) is 12.3 Å². The van der Waals surface area contributed by atoms with Crippen LogP contribution in [-0.4, -0.2) is 19.5 Å². The van der Waals surface area contributed by atoms with Crippen LogP contribution in [0, 0.1) is 0 Å². The van der Waals surface area contributed by atoms with Crippen molar-refractivity contribution in [1.29, 1.82) is 0 Å². The molecule has 0 aliphatic heterocycles. The fraction of sp³-hybridized carbons (Fsp3) is 0.0714. The van der Waals surface area contributed by atoms with Crippen molar-refractivity contribution < 1.29 is 0 Å². The van der Waals surface area contributed by atoms with Gasteiger partial charge in [-0.25, -0.2) is 9.97 Å². The third-order valence-electron chi connectivity index (χ3n) is 2.90. The summed E-state index contributed by atoms with van der Waals surface area (Å²) < 4.78 is 1.91. The molecular formula is C14H11ClN4S. The molecule has 2 aromatic heterocycles. The minimum Gasteiger partial charge on any atom is -0.392 e. The molecule has 2 heterocycles. The van der Waals surface area contributed by atoms with Crippen LogP contribution in [-0.2, 0) is 6.54 Å². The maximum atomic E-state index is 5.97. The van der Waals surface area contributed by atoms with Crippen LogP contribution in [0.15, 0.2) is 42.6 Å². The highest BCUT2D eigenvalue weighted by Crippen LogP contribution is 2.25. The predicted octanol–water partition coefficient (Wildman–Crippen LogP) is 3.04. The Labute approximate surface area is 126 Å². The highest BCUT2D eigenvalue weighted by molar-refractivity contribution is 7.80. The van der Waals surface area contributed by atoms with Crippen molar-refractivity contribution in [1.82, 2.24) is 14.5 Å². The van der Waals surface area contributed by atoms with Gasteiger partial charge in [-0.15, -0.1) is 0 Å². The minimum atomic E-state index is 0.387. The number of aromatic nitrogens is 3. The van der Waals surface area contributed by atoms with Gasteiger partial charge in [-0.3, -0.25) is 0 Å². The Morgan fingerprint density at radius 1 is 1.30 bits per heavy atom. The van der Waals surface area contributed by atoms with Crippen molar-refractivity contribution in [3.05, 3.63) is 47.6 Å². The van der Waals surface area contributed by atoms with E-state index < -0.39 is 0 Å². The maximum absolute atomic E-state index is 5.97. The highest BCUT2D eigenvalue weighted by Gasteiger charge is 2.14. The van der Waals surface area contributed by atoms with Crippen LogP contribution in [0.2, 0.25) is 5.02 Å². The standard InChI is InChI=1S/C14H11ClN4S/c15-10-6-11-14(17-7-10)19(8-12(16)20)13(18-11)9-4-2-1-3-5-9/h1-7H,8H2,(H2,16,20). The molecule has 20 heavy (non-hydrogen) atoms. The van der Waals surface area contributed by atoms with Crippen LogP contribution < -0.4 is 5.73 Å². The monoisotopic (exact) mass is 302 g/mol. The molecule has 3 rings (SSSR count). The van der Waals surface area contributed by atoms with E-state index in [9.17, 15) is 0 Å². The van der Waals surface area contributed by atoms with Gasteiger partial charge >= 0.3 is 0 Å². The zero-order chi connectivity index (χ0) is 14.1. The lowest BCUT2D eigenvalue weighted by molar-refractivity contribution is 0.882. The summed E-state index contributed by atoms with van der Waals surface area (Å²) in [6.45, 7) is 0.394. The average molecular weight is 303 g/mol. The van der Waals surface area contributed by atoms with Gasteiger partial charge in [-0.2, -0.15) is 0 Å².